The number of aryl methyl sites for hydroxylation is 1. The van der Waals surface area contributed by atoms with E-state index in [2.05, 4.69) is 15.7 Å². The lowest BCUT2D eigenvalue weighted by molar-refractivity contribution is 0.0939. The molecule has 22 heavy (non-hydrogen) atoms. The summed E-state index contributed by atoms with van der Waals surface area (Å²) in [7, 11) is 0. The molecule has 1 aromatic heterocycles. The third-order valence-corrected chi connectivity index (χ3v) is 3.99. The van der Waals surface area contributed by atoms with E-state index >= 15 is 0 Å². The van der Waals surface area contributed by atoms with Gasteiger partial charge in [-0.2, -0.15) is 5.10 Å². The van der Waals surface area contributed by atoms with E-state index in [1.54, 1.807) is 16.8 Å². The first kappa shape index (κ1) is 14.7. The molecule has 0 spiro atoms. The van der Waals surface area contributed by atoms with Gasteiger partial charge in [0.25, 0.3) is 5.91 Å². The molecule has 6 heteroatoms. The molecule has 2 N–H and O–H groups in total. The fourth-order valence-corrected chi connectivity index (χ4v) is 2.84. The molecule has 1 amide bonds. The Morgan fingerprint density at radius 3 is 2.73 bits per heavy atom. The van der Waals surface area contributed by atoms with Gasteiger partial charge in [-0.05, 0) is 51.1 Å². The first-order valence-corrected chi connectivity index (χ1v) is 7.40. The maximum absolute atomic E-state index is 13.0. The lowest BCUT2D eigenvalue weighted by atomic mass is 10.1. The zero-order valence-corrected chi connectivity index (χ0v) is 12.7. The average molecular weight is 302 g/mol. The van der Waals surface area contributed by atoms with Crippen molar-refractivity contribution in [1.82, 2.24) is 20.4 Å². The van der Waals surface area contributed by atoms with E-state index in [4.69, 9.17) is 0 Å². The van der Waals surface area contributed by atoms with Gasteiger partial charge >= 0.3 is 0 Å². The Morgan fingerprint density at radius 2 is 2.09 bits per heavy atom. The van der Waals surface area contributed by atoms with E-state index in [9.17, 15) is 9.18 Å². The van der Waals surface area contributed by atoms with Gasteiger partial charge in [-0.25, -0.2) is 9.07 Å². The van der Waals surface area contributed by atoms with E-state index in [1.165, 1.54) is 12.1 Å². The first-order valence-electron chi connectivity index (χ1n) is 7.40. The van der Waals surface area contributed by atoms with Crippen LogP contribution in [0.1, 0.15) is 28.2 Å². The van der Waals surface area contributed by atoms with Gasteiger partial charge in [-0.15, -0.1) is 0 Å². The number of carbonyl (C=O) groups is 1. The molecule has 3 rings (SSSR count). The molecule has 0 bridgehead atoms. The molecule has 116 valence electrons. The molecule has 2 heterocycles. The van der Waals surface area contributed by atoms with Crippen LogP contribution in [0.4, 0.5) is 4.39 Å². The summed E-state index contributed by atoms with van der Waals surface area (Å²) in [5, 5.41) is 10.7. The topological polar surface area (TPSA) is 59.0 Å². The fourth-order valence-electron chi connectivity index (χ4n) is 2.84. The molecular weight excluding hydrogens is 283 g/mol. The van der Waals surface area contributed by atoms with Crippen LogP contribution in [0.2, 0.25) is 0 Å². The van der Waals surface area contributed by atoms with Gasteiger partial charge in [-0.3, -0.25) is 4.79 Å². The second-order valence-corrected chi connectivity index (χ2v) is 5.60. The highest BCUT2D eigenvalue weighted by Crippen LogP contribution is 2.18. The molecule has 0 saturated carbocycles. The molecule has 5 nitrogen and oxygen atoms in total. The minimum Gasteiger partial charge on any atom is -0.348 e. The Hall–Kier alpha value is -2.21. The predicted octanol–water partition coefficient (Wildman–Crippen LogP) is 1.72. The van der Waals surface area contributed by atoms with Crippen LogP contribution < -0.4 is 10.6 Å². The molecule has 1 aliphatic rings. The summed E-state index contributed by atoms with van der Waals surface area (Å²) >= 11 is 0. The molecule has 2 aromatic rings. The van der Waals surface area contributed by atoms with Crippen molar-refractivity contribution in [3.8, 4) is 5.69 Å². The Morgan fingerprint density at radius 1 is 1.36 bits per heavy atom. The summed E-state index contributed by atoms with van der Waals surface area (Å²) in [6.07, 6.45) is 0.940. The summed E-state index contributed by atoms with van der Waals surface area (Å²) in [6.45, 7) is 5.40. The van der Waals surface area contributed by atoms with Crippen LogP contribution in [0.25, 0.3) is 5.69 Å². The highest BCUT2D eigenvalue weighted by Gasteiger charge is 2.23. The summed E-state index contributed by atoms with van der Waals surface area (Å²) in [6, 6.07) is 6.24. The van der Waals surface area contributed by atoms with Crippen molar-refractivity contribution in [2.45, 2.75) is 26.3 Å². The third kappa shape index (κ3) is 2.74. The Bertz CT molecular complexity index is 687. The van der Waals surface area contributed by atoms with Crippen molar-refractivity contribution < 1.29 is 9.18 Å². The SMILES string of the molecule is Cc1nn(-c2ccc(F)cc2)c(C)c1C(=O)NC1CCNC1. The van der Waals surface area contributed by atoms with E-state index < -0.39 is 0 Å². The van der Waals surface area contributed by atoms with Crippen molar-refractivity contribution in [2.75, 3.05) is 13.1 Å². The highest BCUT2D eigenvalue weighted by molar-refractivity contribution is 5.96. The van der Waals surface area contributed by atoms with E-state index in [0.29, 0.717) is 11.3 Å². The number of halogens is 1. The number of nitrogens with zero attached hydrogens (tertiary/aromatic N) is 2. The Labute approximate surface area is 128 Å². The molecule has 0 radical (unpaired) electrons. The average Bonchev–Trinajstić information content (AvgIpc) is 3.08. The predicted molar refractivity (Wildman–Crippen MR) is 81.7 cm³/mol. The van der Waals surface area contributed by atoms with Crippen molar-refractivity contribution in [3.63, 3.8) is 0 Å². The molecule has 1 unspecified atom stereocenters. The number of aromatic nitrogens is 2. The molecule has 1 atom stereocenters. The molecule has 1 aliphatic heterocycles. The summed E-state index contributed by atoms with van der Waals surface area (Å²) < 4.78 is 14.7. The Balaban J connectivity index is 1.89. The maximum Gasteiger partial charge on any atom is 0.255 e. The quantitative estimate of drug-likeness (QED) is 0.907. The van der Waals surface area contributed by atoms with Gasteiger partial charge in [0.05, 0.1) is 22.6 Å². The molecule has 1 aromatic carbocycles. The highest BCUT2D eigenvalue weighted by atomic mass is 19.1. The molecule has 0 aliphatic carbocycles. The molecule has 1 saturated heterocycles. The van der Waals surface area contributed by atoms with Gasteiger partial charge in [0, 0.05) is 12.6 Å². The molecular formula is C16H19FN4O. The summed E-state index contributed by atoms with van der Waals surface area (Å²) in [5.74, 6) is -0.394. The number of nitrogens with one attached hydrogen (secondary N) is 2. The molecule has 1 fully saturated rings. The second kappa shape index (κ2) is 5.88. The van der Waals surface area contributed by atoms with Crippen LogP contribution in [0.3, 0.4) is 0 Å². The van der Waals surface area contributed by atoms with Crippen molar-refractivity contribution >= 4 is 5.91 Å². The van der Waals surface area contributed by atoms with E-state index in [1.807, 2.05) is 13.8 Å². The normalized spacial score (nSPS) is 17.7. The minimum atomic E-state index is -0.294. The lowest BCUT2D eigenvalue weighted by Gasteiger charge is -2.11. The third-order valence-electron chi connectivity index (χ3n) is 3.99. The number of hydrogen-bond donors (Lipinski definition) is 2. The maximum atomic E-state index is 13.0. The van der Waals surface area contributed by atoms with Gasteiger partial charge in [0.1, 0.15) is 5.82 Å². The lowest BCUT2D eigenvalue weighted by Crippen LogP contribution is -2.36. The van der Waals surface area contributed by atoms with Crippen LogP contribution in [0.15, 0.2) is 24.3 Å². The first-order chi connectivity index (χ1) is 10.6. The van der Waals surface area contributed by atoms with Gasteiger partial charge in [0.15, 0.2) is 0 Å². The largest absolute Gasteiger partial charge is 0.348 e. The van der Waals surface area contributed by atoms with Crippen molar-refractivity contribution in [1.29, 1.82) is 0 Å². The van der Waals surface area contributed by atoms with Crippen molar-refractivity contribution in [3.05, 3.63) is 47.0 Å². The minimum absolute atomic E-state index is 0.0999. The van der Waals surface area contributed by atoms with E-state index in [-0.39, 0.29) is 17.8 Å². The van der Waals surface area contributed by atoms with Crippen molar-refractivity contribution in [2.24, 2.45) is 0 Å². The van der Waals surface area contributed by atoms with Gasteiger partial charge < -0.3 is 10.6 Å². The summed E-state index contributed by atoms with van der Waals surface area (Å²) in [5.41, 5.74) is 2.76. The monoisotopic (exact) mass is 302 g/mol. The number of rotatable bonds is 3. The van der Waals surface area contributed by atoms with Crippen LogP contribution in [0.5, 0.6) is 0 Å². The Kier molecular flexibility index (Phi) is 3.94. The van der Waals surface area contributed by atoms with Gasteiger partial charge in [-0.1, -0.05) is 0 Å². The zero-order valence-electron chi connectivity index (χ0n) is 12.7. The van der Waals surface area contributed by atoms with Crippen LogP contribution in [-0.4, -0.2) is 34.8 Å². The smallest absolute Gasteiger partial charge is 0.255 e. The number of benzene rings is 1. The number of amides is 1. The fraction of sp³-hybridized carbons (Fsp3) is 0.375. The standard InChI is InChI=1S/C16H19FN4O/c1-10-15(16(22)19-13-7-8-18-9-13)11(2)21(20-10)14-5-3-12(17)4-6-14/h3-6,13,18H,7-9H2,1-2H3,(H,19,22). The summed E-state index contributed by atoms with van der Waals surface area (Å²) in [4.78, 5) is 12.5. The van der Waals surface area contributed by atoms with E-state index in [0.717, 1.165) is 30.9 Å². The second-order valence-electron chi connectivity index (χ2n) is 5.60. The van der Waals surface area contributed by atoms with Crippen LogP contribution in [0, 0.1) is 19.7 Å². The van der Waals surface area contributed by atoms with Crippen LogP contribution >= 0.6 is 0 Å². The zero-order chi connectivity index (χ0) is 15.7. The van der Waals surface area contributed by atoms with Gasteiger partial charge in [0.2, 0.25) is 0 Å². The van der Waals surface area contributed by atoms with Crippen LogP contribution in [-0.2, 0) is 0 Å². The number of hydrogen-bond acceptors (Lipinski definition) is 3. The number of carbonyl (C=O) groups excluding carboxylic acids is 1.